The summed E-state index contributed by atoms with van der Waals surface area (Å²) < 4.78 is 0. The molecule has 23 heavy (non-hydrogen) atoms. The molecule has 1 saturated heterocycles. The Kier molecular flexibility index (Phi) is 5.90. The summed E-state index contributed by atoms with van der Waals surface area (Å²) in [6.45, 7) is 4.51. The summed E-state index contributed by atoms with van der Waals surface area (Å²) >= 11 is 5.53. The van der Waals surface area contributed by atoms with Gasteiger partial charge < -0.3 is 10.6 Å². The van der Waals surface area contributed by atoms with Crippen LogP contribution in [0.5, 0.6) is 0 Å². The van der Waals surface area contributed by atoms with E-state index in [9.17, 15) is 0 Å². The Hall–Kier alpha value is -1.13. The van der Waals surface area contributed by atoms with Crippen molar-refractivity contribution in [1.29, 1.82) is 0 Å². The number of benzene rings is 1. The standard InChI is InChI=1S/C19H29N3S/c1-15(16-8-4-2-5-9-16)22-13-12-18(14-22)21-19(23)20-17-10-6-3-7-11-17/h2,4-5,8-9,15,17-18H,3,6-7,10-14H2,1H3,(H2,20,21,23)/t15-,18+/m1/s1. The molecule has 3 nitrogen and oxygen atoms in total. The monoisotopic (exact) mass is 331 g/mol. The zero-order chi connectivity index (χ0) is 16.1. The summed E-state index contributed by atoms with van der Waals surface area (Å²) in [4.78, 5) is 2.55. The van der Waals surface area contributed by atoms with Crippen molar-refractivity contribution in [3.05, 3.63) is 35.9 Å². The Morgan fingerprint density at radius 2 is 1.74 bits per heavy atom. The van der Waals surface area contributed by atoms with Gasteiger partial charge in [0.25, 0.3) is 0 Å². The summed E-state index contributed by atoms with van der Waals surface area (Å²) in [5.74, 6) is 0. The molecule has 1 aromatic rings. The number of hydrogen-bond acceptors (Lipinski definition) is 2. The van der Waals surface area contributed by atoms with E-state index in [4.69, 9.17) is 12.2 Å². The summed E-state index contributed by atoms with van der Waals surface area (Å²) in [6.07, 6.45) is 7.77. The minimum absolute atomic E-state index is 0.475. The molecular weight excluding hydrogens is 302 g/mol. The lowest BCUT2D eigenvalue weighted by molar-refractivity contribution is 0.258. The molecule has 2 aliphatic rings. The largest absolute Gasteiger partial charge is 0.360 e. The first-order chi connectivity index (χ1) is 11.2. The number of nitrogens with one attached hydrogen (secondary N) is 2. The molecule has 2 atom stereocenters. The molecule has 1 aromatic carbocycles. The van der Waals surface area contributed by atoms with Crippen LogP contribution >= 0.6 is 12.2 Å². The average Bonchev–Trinajstić information content (AvgIpc) is 3.04. The lowest BCUT2D eigenvalue weighted by atomic mass is 9.96. The predicted molar refractivity (Wildman–Crippen MR) is 101 cm³/mol. The van der Waals surface area contributed by atoms with Crippen LogP contribution in [0.25, 0.3) is 0 Å². The molecule has 1 saturated carbocycles. The molecule has 1 aliphatic heterocycles. The van der Waals surface area contributed by atoms with Gasteiger partial charge in [0.05, 0.1) is 0 Å². The molecule has 0 amide bonds. The quantitative estimate of drug-likeness (QED) is 0.824. The van der Waals surface area contributed by atoms with Gasteiger partial charge in [0.1, 0.15) is 0 Å². The molecule has 0 unspecified atom stereocenters. The minimum Gasteiger partial charge on any atom is -0.360 e. The highest BCUT2D eigenvalue weighted by Crippen LogP contribution is 2.24. The van der Waals surface area contributed by atoms with E-state index in [1.54, 1.807) is 0 Å². The molecule has 1 heterocycles. The Morgan fingerprint density at radius 1 is 1.04 bits per heavy atom. The summed E-state index contributed by atoms with van der Waals surface area (Å²) in [5, 5.41) is 7.92. The van der Waals surface area contributed by atoms with E-state index < -0.39 is 0 Å². The number of nitrogens with zero attached hydrogens (tertiary/aromatic N) is 1. The van der Waals surface area contributed by atoms with E-state index in [-0.39, 0.29) is 0 Å². The fraction of sp³-hybridized carbons (Fsp3) is 0.632. The maximum absolute atomic E-state index is 5.53. The van der Waals surface area contributed by atoms with Gasteiger partial charge in [-0.25, -0.2) is 0 Å². The first kappa shape index (κ1) is 16.7. The Morgan fingerprint density at radius 3 is 2.48 bits per heavy atom. The number of likely N-dealkylation sites (tertiary alicyclic amines) is 1. The van der Waals surface area contributed by atoms with Crippen molar-refractivity contribution in [2.45, 2.75) is 63.6 Å². The van der Waals surface area contributed by atoms with Crippen molar-refractivity contribution in [3.8, 4) is 0 Å². The lowest BCUT2D eigenvalue weighted by Crippen LogP contribution is -2.47. The van der Waals surface area contributed by atoms with Crippen molar-refractivity contribution in [1.82, 2.24) is 15.5 Å². The number of hydrogen-bond donors (Lipinski definition) is 2. The van der Waals surface area contributed by atoms with Crippen LogP contribution in [0.1, 0.15) is 57.1 Å². The zero-order valence-corrected chi connectivity index (χ0v) is 14.9. The maximum atomic E-state index is 5.53. The van der Waals surface area contributed by atoms with Crippen LogP contribution in [0.4, 0.5) is 0 Å². The molecule has 0 aromatic heterocycles. The van der Waals surface area contributed by atoms with Gasteiger partial charge in [-0.3, -0.25) is 4.90 Å². The smallest absolute Gasteiger partial charge is 0.166 e. The van der Waals surface area contributed by atoms with Gasteiger partial charge >= 0.3 is 0 Å². The molecule has 4 heteroatoms. The Labute approximate surface area is 145 Å². The third-order valence-electron chi connectivity index (χ3n) is 5.32. The fourth-order valence-electron chi connectivity index (χ4n) is 3.86. The van der Waals surface area contributed by atoms with Crippen molar-refractivity contribution >= 4 is 17.3 Å². The van der Waals surface area contributed by atoms with Gasteiger partial charge in [-0.05, 0) is 44.0 Å². The molecular formula is C19H29N3S. The lowest BCUT2D eigenvalue weighted by Gasteiger charge is -2.27. The molecule has 2 fully saturated rings. The van der Waals surface area contributed by atoms with Crippen LogP contribution in [0.15, 0.2) is 30.3 Å². The molecule has 0 spiro atoms. The van der Waals surface area contributed by atoms with Crippen molar-refractivity contribution in [3.63, 3.8) is 0 Å². The molecule has 1 aliphatic carbocycles. The first-order valence-corrected chi connectivity index (χ1v) is 9.49. The second-order valence-electron chi connectivity index (χ2n) is 7.02. The van der Waals surface area contributed by atoms with Gasteiger partial charge in [0.15, 0.2) is 5.11 Å². The number of rotatable bonds is 4. The Balaban J connectivity index is 1.45. The van der Waals surface area contributed by atoms with Crippen LogP contribution in [0, 0.1) is 0 Å². The topological polar surface area (TPSA) is 27.3 Å². The van der Waals surface area contributed by atoms with Crippen LogP contribution in [0.2, 0.25) is 0 Å². The highest BCUT2D eigenvalue weighted by atomic mass is 32.1. The second-order valence-corrected chi connectivity index (χ2v) is 7.43. The normalized spacial score (nSPS) is 24.3. The van der Waals surface area contributed by atoms with Crippen molar-refractivity contribution < 1.29 is 0 Å². The SMILES string of the molecule is C[C@H](c1ccccc1)N1CC[C@H](NC(=S)NC2CCCCC2)C1. The number of thiocarbonyl (C=S) groups is 1. The van der Waals surface area contributed by atoms with E-state index in [1.165, 1.54) is 44.1 Å². The average molecular weight is 332 g/mol. The zero-order valence-electron chi connectivity index (χ0n) is 14.1. The highest BCUT2D eigenvalue weighted by Gasteiger charge is 2.27. The van der Waals surface area contributed by atoms with E-state index >= 15 is 0 Å². The van der Waals surface area contributed by atoms with Crippen molar-refractivity contribution in [2.75, 3.05) is 13.1 Å². The third-order valence-corrected chi connectivity index (χ3v) is 5.56. The minimum atomic E-state index is 0.475. The summed E-state index contributed by atoms with van der Waals surface area (Å²) in [6, 6.07) is 12.3. The molecule has 126 valence electrons. The molecule has 2 N–H and O–H groups in total. The second kappa shape index (κ2) is 8.11. The van der Waals surface area contributed by atoms with E-state index in [0.29, 0.717) is 18.1 Å². The summed E-state index contributed by atoms with van der Waals surface area (Å²) in [7, 11) is 0. The van der Waals surface area contributed by atoms with E-state index in [1.807, 2.05) is 0 Å². The third kappa shape index (κ3) is 4.67. The van der Waals surface area contributed by atoms with Crippen molar-refractivity contribution in [2.24, 2.45) is 0 Å². The summed E-state index contributed by atoms with van der Waals surface area (Å²) in [5.41, 5.74) is 1.40. The van der Waals surface area contributed by atoms with E-state index in [2.05, 4.69) is 52.8 Å². The predicted octanol–water partition coefficient (Wildman–Crippen LogP) is 3.62. The maximum Gasteiger partial charge on any atom is 0.166 e. The molecule has 3 rings (SSSR count). The van der Waals surface area contributed by atoms with Crippen LogP contribution in [-0.4, -0.2) is 35.2 Å². The fourth-order valence-corrected chi connectivity index (χ4v) is 4.19. The first-order valence-electron chi connectivity index (χ1n) is 9.08. The van der Waals surface area contributed by atoms with Gasteiger partial charge in [0, 0.05) is 31.2 Å². The van der Waals surface area contributed by atoms with Crippen LogP contribution in [0.3, 0.4) is 0 Å². The molecule has 0 radical (unpaired) electrons. The van der Waals surface area contributed by atoms with E-state index in [0.717, 1.165) is 18.2 Å². The van der Waals surface area contributed by atoms with Gasteiger partial charge in [0.2, 0.25) is 0 Å². The van der Waals surface area contributed by atoms with Gasteiger partial charge in [-0.1, -0.05) is 49.6 Å². The van der Waals surface area contributed by atoms with Crippen LogP contribution in [-0.2, 0) is 0 Å². The highest BCUT2D eigenvalue weighted by molar-refractivity contribution is 7.80. The van der Waals surface area contributed by atoms with Gasteiger partial charge in [-0.2, -0.15) is 0 Å². The van der Waals surface area contributed by atoms with Crippen LogP contribution < -0.4 is 10.6 Å². The molecule has 0 bridgehead atoms. The Bertz CT molecular complexity index is 499. The van der Waals surface area contributed by atoms with Gasteiger partial charge in [-0.15, -0.1) is 0 Å².